The molecule has 3 aromatic rings. The van der Waals surface area contributed by atoms with E-state index in [0.717, 1.165) is 16.7 Å². The van der Waals surface area contributed by atoms with Crippen molar-refractivity contribution in [3.8, 4) is 0 Å². The predicted molar refractivity (Wildman–Crippen MR) is 104 cm³/mol. The summed E-state index contributed by atoms with van der Waals surface area (Å²) in [5.74, 6) is 0.0733. The van der Waals surface area contributed by atoms with E-state index in [1.54, 1.807) is 10.8 Å². The molecule has 0 bridgehead atoms. The monoisotopic (exact) mass is 387 g/mol. The van der Waals surface area contributed by atoms with Crippen molar-refractivity contribution in [1.82, 2.24) is 19.3 Å². The van der Waals surface area contributed by atoms with Gasteiger partial charge in [0.25, 0.3) is 0 Å². The number of carbonyl (C=O) groups excluding carboxylic acids is 1. The van der Waals surface area contributed by atoms with Gasteiger partial charge in [-0.2, -0.15) is 5.10 Å². The highest BCUT2D eigenvalue weighted by Crippen LogP contribution is 2.36. The fourth-order valence-corrected chi connectivity index (χ4v) is 3.96. The topological polar surface area (TPSA) is 74.0 Å². The summed E-state index contributed by atoms with van der Waals surface area (Å²) in [5.41, 5.74) is 2.47. The highest BCUT2D eigenvalue weighted by Gasteiger charge is 2.38. The van der Waals surface area contributed by atoms with Crippen LogP contribution in [0.4, 0.5) is 5.95 Å². The molecule has 0 saturated carbocycles. The first kappa shape index (κ1) is 18.0. The van der Waals surface area contributed by atoms with Gasteiger partial charge < -0.3 is 9.30 Å². The summed E-state index contributed by atoms with van der Waals surface area (Å²) in [6, 6.07) is 7.65. The normalized spacial score (nSPS) is 19.9. The van der Waals surface area contributed by atoms with Crippen LogP contribution < -0.4 is 5.32 Å². The quantitative estimate of drug-likeness (QED) is 0.740. The number of imidazole rings is 1. The van der Waals surface area contributed by atoms with E-state index in [1.807, 2.05) is 36.0 Å². The molecule has 1 saturated heterocycles. The number of nitrogens with one attached hydrogen (secondary N) is 1. The Morgan fingerprint density at radius 3 is 2.93 bits per heavy atom. The van der Waals surface area contributed by atoms with E-state index in [9.17, 15) is 4.79 Å². The Morgan fingerprint density at radius 1 is 1.37 bits per heavy atom. The Bertz CT molecular complexity index is 993. The van der Waals surface area contributed by atoms with Crippen LogP contribution in [0.15, 0.2) is 30.5 Å². The Hall–Kier alpha value is -2.38. The first-order valence-electron chi connectivity index (χ1n) is 9.04. The number of amides is 1. The molecule has 1 aromatic carbocycles. The number of fused-ring (bicyclic) bond motifs is 1. The minimum Gasteiger partial charge on any atom is -0.371 e. The van der Waals surface area contributed by atoms with Crippen LogP contribution in [0.1, 0.15) is 38.1 Å². The van der Waals surface area contributed by atoms with Crippen molar-refractivity contribution < 1.29 is 9.53 Å². The Labute approximate surface area is 162 Å². The average molecular weight is 388 g/mol. The summed E-state index contributed by atoms with van der Waals surface area (Å²) in [5, 5.41) is 7.92. The zero-order chi connectivity index (χ0) is 19.1. The van der Waals surface area contributed by atoms with E-state index < -0.39 is 0 Å². The van der Waals surface area contributed by atoms with Gasteiger partial charge >= 0.3 is 0 Å². The van der Waals surface area contributed by atoms with Crippen LogP contribution in [0.3, 0.4) is 0 Å². The number of aryl methyl sites for hydroxylation is 1. The van der Waals surface area contributed by atoms with Crippen LogP contribution >= 0.6 is 11.6 Å². The van der Waals surface area contributed by atoms with E-state index in [-0.39, 0.29) is 24.0 Å². The van der Waals surface area contributed by atoms with Gasteiger partial charge in [-0.25, -0.2) is 4.98 Å². The second kappa shape index (κ2) is 6.98. The first-order chi connectivity index (χ1) is 13.0. The van der Waals surface area contributed by atoms with Crippen LogP contribution in [0.5, 0.6) is 0 Å². The van der Waals surface area contributed by atoms with Crippen LogP contribution in [0.25, 0.3) is 11.0 Å². The molecule has 2 aromatic heterocycles. The van der Waals surface area contributed by atoms with Gasteiger partial charge in [0.05, 0.1) is 27.7 Å². The molecular weight excluding hydrogens is 366 g/mol. The summed E-state index contributed by atoms with van der Waals surface area (Å²) >= 11 is 6.27. The van der Waals surface area contributed by atoms with Crippen molar-refractivity contribution in [2.24, 2.45) is 13.0 Å². The maximum Gasteiger partial charge on any atom is 0.232 e. The summed E-state index contributed by atoms with van der Waals surface area (Å²) in [4.78, 5) is 17.5. The number of rotatable bonds is 4. The molecule has 1 fully saturated rings. The summed E-state index contributed by atoms with van der Waals surface area (Å²) in [7, 11) is 1.84. The molecule has 0 aliphatic carbocycles. The molecule has 1 aliphatic heterocycles. The van der Waals surface area contributed by atoms with Gasteiger partial charge in [0.15, 0.2) is 0 Å². The Morgan fingerprint density at radius 2 is 2.19 bits per heavy atom. The van der Waals surface area contributed by atoms with E-state index in [2.05, 4.69) is 29.2 Å². The fourth-order valence-electron chi connectivity index (χ4n) is 3.67. The minimum absolute atomic E-state index is 0.108. The lowest BCUT2D eigenvalue weighted by Gasteiger charge is -2.20. The Balaban J connectivity index is 1.60. The second-order valence-corrected chi connectivity index (χ2v) is 7.48. The third kappa shape index (κ3) is 3.11. The highest BCUT2D eigenvalue weighted by molar-refractivity contribution is 6.35. The van der Waals surface area contributed by atoms with Gasteiger partial charge in [0, 0.05) is 25.9 Å². The van der Waals surface area contributed by atoms with Crippen molar-refractivity contribution in [1.29, 1.82) is 0 Å². The number of nitrogens with zero attached hydrogens (tertiary/aromatic N) is 4. The number of ether oxygens (including phenoxy) is 1. The average Bonchev–Trinajstić information content (AvgIpc) is 3.34. The molecule has 1 N–H and O–H groups in total. The maximum atomic E-state index is 13.0. The van der Waals surface area contributed by atoms with Crippen LogP contribution in [0, 0.1) is 5.92 Å². The zero-order valence-electron chi connectivity index (χ0n) is 15.5. The van der Waals surface area contributed by atoms with Gasteiger partial charge in [-0.15, -0.1) is 0 Å². The molecule has 3 heterocycles. The predicted octanol–water partition coefficient (Wildman–Crippen LogP) is 3.72. The lowest BCUT2D eigenvalue weighted by molar-refractivity contribution is -0.121. The number of carbonyl (C=O) groups is 1. The number of hydrogen-bond donors (Lipinski definition) is 1. The van der Waals surface area contributed by atoms with Gasteiger partial charge in [-0.1, -0.05) is 17.7 Å². The molecule has 142 valence electrons. The standard InChI is InChI=1S/C19H22ClN5O2/c1-11(2)25-15(7-9-21-25)17-12(8-10-27-17)18(26)23-19-22-14-6-4-5-13(20)16(14)24(19)3/h4-7,9,11-12,17H,8,10H2,1-3H3,(H,22,23,26)/t12-,17-/m0/s1. The van der Waals surface area contributed by atoms with Gasteiger partial charge in [0.1, 0.15) is 6.10 Å². The smallest absolute Gasteiger partial charge is 0.232 e. The summed E-state index contributed by atoms with van der Waals surface area (Å²) in [6.45, 7) is 4.66. The van der Waals surface area contributed by atoms with Crippen molar-refractivity contribution in [3.63, 3.8) is 0 Å². The highest BCUT2D eigenvalue weighted by atomic mass is 35.5. The largest absolute Gasteiger partial charge is 0.371 e. The molecule has 2 atom stereocenters. The lowest BCUT2D eigenvalue weighted by atomic mass is 9.98. The van der Waals surface area contributed by atoms with Crippen molar-refractivity contribution >= 4 is 34.5 Å². The maximum absolute atomic E-state index is 13.0. The van der Waals surface area contributed by atoms with Crippen molar-refractivity contribution in [2.45, 2.75) is 32.4 Å². The molecule has 27 heavy (non-hydrogen) atoms. The number of aromatic nitrogens is 4. The van der Waals surface area contributed by atoms with E-state index >= 15 is 0 Å². The van der Waals surface area contributed by atoms with Crippen molar-refractivity contribution in [2.75, 3.05) is 11.9 Å². The molecule has 0 radical (unpaired) electrons. The lowest BCUT2D eigenvalue weighted by Crippen LogP contribution is -2.28. The van der Waals surface area contributed by atoms with Gasteiger partial charge in [-0.3, -0.25) is 14.8 Å². The number of halogens is 1. The van der Waals surface area contributed by atoms with Crippen LogP contribution in [-0.2, 0) is 16.6 Å². The summed E-state index contributed by atoms with van der Waals surface area (Å²) in [6.07, 6.45) is 2.09. The van der Waals surface area contributed by atoms with E-state index in [0.29, 0.717) is 24.0 Å². The first-order valence-corrected chi connectivity index (χ1v) is 9.42. The van der Waals surface area contributed by atoms with Crippen LogP contribution in [0.2, 0.25) is 5.02 Å². The number of para-hydroxylation sites is 1. The molecule has 0 unspecified atom stereocenters. The molecule has 7 nitrogen and oxygen atoms in total. The molecule has 4 rings (SSSR count). The number of benzene rings is 1. The molecule has 8 heteroatoms. The fraction of sp³-hybridized carbons (Fsp3) is 0.421. The van der Waals surface area contributed by atoms with Gasteiger partial charge in [-0.05, 0) is 38.5 Å². The third-order valence-corrected chi connectivity index (χ3v) is 5.29. The number of hydrogen-bond acceptors (Lipinski definition) is 4. The molecule has 1 amide bonds. The third-order valence-electron chi connectivity index (χ3n) is 4.99. The second-order valence-electron chi connectivity index (χ2n) is 7.07. The van der Waals surface area contributed by atoms with Crippen molar-refractivity contribution in [3.05, 3.63) is 41.2 Å². The Kier molecular flexibility index (Phi) is 4.65. The SMILES string of the molecule is CC(C)n1nccc1[C@H]1OCC[C@@H]1C(=O)Nc1nc2cccc(Cl)c2n1C. The van der Waals surface area contributed by atoms with Crippen LogP contribution in [-0.4, -0.2) is 31.8 Å². The van der Waals surface area contributed by atoms with E-state index in [4.69, 9.17) is 16.3 Å². The minimum atomic E-state index is -0.312. The molecule has 0 spiro atoms. The molecular formula is C19H22ClN5O2. The van der Waals surface area contributed by atoms with E-state index in [1.165, 1.54) is 0 Å². The summed E-state index contributed by atoms with van der Waals surface area (Å²) < 4.78 is 9.61. The van der Waals surface area contributed by atoms with Gasteiger partial charge in [0.2, 0.25) is 11.9 Å². The number of anilines is 1. The zero-order valence-corrected chi connectivity index (χ0v) is 16.3. The molecule has 1 aliphatic rings.